The molecule has 0 saturated carbocycles. The second-order valence-electron chi connectivity index (χ2n) is 4.60. The average Bonchev–Trinajstić information content (AvgIpc) is 2.82. The fourth-order valence-corrected chi connectivity index (χ4v) is 2.74. The molecular weight excluding hydrogens is 275 g/mol. The van der Waals surface area contributed by atoms with E-state index in [2.05, 4.69) is 10.3 Å². The zero-order valence-electron chi connectivity index (χ0n) is 11.9. The monoisotopic (exact) mass is 294 g/mol. The van der Waals surface area contributed by atoms with Crippen LogP contribution in [0.25, 0.3) is 0 Å². The minimum atomic E-state index is -0.284. The quantitative estimate of drug-likeness (QED) is 0.879. The molecular formula is C15H19FN2OS. The number of hydrogen-bond acceptors (Lipinski definition) is 4. The normalized spacial score (nSPS) is 12.4. The van der Waals surface area contributed by atoms with Gasteiger partial charge < -0.3 is 10.1 Å². The van der Waals surface area contributed by atoms with Gasteiger partial charge in [0.05, 0.1) is 9.88 Å². The van der Waals surface area contributed by atoms with E-state index < -0.39 is 0 Å². The first-order valence-corrected chi connectivity index (χ1v) is 7.48. The summed E-state index contributed by atoms with van der Waals surface area (Å²) in [5.41, 5.74) is 0.967. The van der Waals surface area contributed by atoms with E-state index in [0.717, 1.165) is 22.0 Å². The number of halogens is 1. The van der Waals surface area contributed by atoms with E-state index in [4.69, 9.17) is 4.74 Å². The second-order valence-corrected chi connectivity index (χ2v) is 5.92. The minimum Gasteiger partial charge on any atom is -0.488 e. The summed E-state index contributed by atoms with van der Waals surface area (Å²) in [6.45, 7) is 7.31. The maximum atomic E-state index is 13.4. The number of thiazole rings is 1. The van der Waals surface area contributed by atoms with Gasteiger partial charge in [0.2, 0.25) is 0 Å². The molecule has 0 radical (unpaired) electrons. The van der Waals surface area contributed by atoms with Crippen LogP contribution >= 0.6 is 11.3 Å². The van der Waals surface area contributed by atoms with Gasteiger partial charge in [0.15, 0.2) is 0 Å². The number of rotatable bonds is 6. The van der Waals surface area contributed by atoms with Crippen molar-refractivity contribution in [1.29, 1.82) is 0 Å². The highest BCUT2D eigenvalue weighted by molar-refractivity contribution is 7.11. The van der Waals surface area contributed by atoms with E-state index in [1.54, 1.807) is 23.6 Å². The molecule has 0 aliphatic heterocycles. The van der Waals surface area contributed by atoms with Crippen molar-refractivity contribution in [1.82, 2.24) is 10.3 Å². The fourth-order valence-electron chi connectivity index (χ4n) is 2.03. The van der Waals surface area contributed by atoms with Crippen molar-refractivity contribution >= 4 is 11.3 Å². The van der Waals surface area contributed by atoms with E-state index >= 15 is 0 Å². The van der Waals surface area contributed by atoms with Gasteiger partial charge in [-0.3, -0.25) is 0 Å². The molecule has 108 valence electrons. The Bertz CT molecular complexity index is 571. The van der Waals surface area contributed by atoms with Crippen LogP contribution in [-0.2, 0) is 6.61 Å². The first-order chi connectivity index (χ1) is 9.60. The summed E-state index contributed by atoms with van der Waals surface area (Å²) in [6.07, 6.45) is 1.80. The number of aromatic nitrogens is 1. The van der Waals surface area contributed by atoms with Crippen LogP contribution in [0.2, 0.25) is 0 Å². The molecule has 0 aliphatic rings. The van der Waals surface area contributed by atoms with Gasteiger partial charge in [-0.15, -0.1) is 11.3 Å². The Morgan fingerprint density at radius 3 is 2.90 bits per heavy atom. The smallest absolute Gasteiger partial charge is 0.127 e. The number of nitrogens with zero attached hydrogens (tertiary/aromatic N) is 1. The predicted octanol–water partition coefficient (Wildman–Crippen LogP) is 3.84. The molecule has 0 amide bonds. The molecule has 2 rings (SSSR count). The van der Waals surface area contributed by atoms with Crippen LogP contribution in [0.1, 0.15) is 35.3 Å². The number of ether oxygens (including phenoxy) is 1. The van der Waals surface area contributed by atoms with Crippen molar-refractivity contribution in [3.63, 3.8) is 0 Å². The van der Waals surface area contributed by atoms with Crippen LogP contribution in [0.4, 0.5) is 4.39 Å². The predicted molar refractivity (Wildman–Crippen MR) is 79.7 cm³/mol. The maximum Gasteiger partial charge on any atom is 0.127 e. The summed E-state index contributed by atoms with van der Waals surface area (Å²) >= 11 is 1.59. The second kappa shape index (κ2) is 6.81. The van der Waals surface area contributed by atoms with Gasteiger partial charge in [0, 0.05) is 23.9 Å². The van der Waals surface area contributed by atoms with Gasteiger partial charge in [-0.25, -0.2) is 9.37 Å². The minimum absolute atomic E-state index is 0.124. The lowest BCUT2D eigenvalue weighted by molar-refractivity contribution is 0.301. The summed E-state index contributed by atoms with van der Waals surface area (Å²) in [6, 6.07) is 4.80. The van der Waals surface area contributed by atoms with Crippen molar-refractivity contribution in [2.24, 2.45) is 0 Å². The lowest BCUT2D eigenvalue weighted by Gasteiger charge is -2.17. The average molecular weight is 294 g/mol. The van der Waals surface area contributed by atoms with Crippen LogP contribution < -0.4 is 10.1 Å². The Morgan fingerprint density at radius 2 is 2.25 bits per heavy atom. The number of aryl methyl sites for hydroxylation is 1. The van der Waals surface area contributed by atoms with Gasteiger partial charge in [-0.2, -0.15) is 0 Å². The lowest BCUT2D eigenvalue weighted by Crippen LogP contribution is -2.18. The molecule has 0 spiro atoms. The zero-order valence-corrected chi connectivity index (χ0v) is 12.8. The molecule has 0 bridgehead atoms. The van der Waals surface area contributed by atoms with Crippen LogP contribution in [0.15, 0.2) is 24.4 Å². The van der Waals surface area contributed by atoms with Crippen LogP contribution in [-0.4, -0.2) is 11.5 Å². The molecule has 1 heterocycles. The number of benzene rings is 1. The van der Waals surface area contributed by atoms with Crippen molar-refractivity contribution in [2.45, 2.75) is 33.4 Å². The Kier molecular flexibility index (Phi) is 5.09. The zero-order chi connectivity index (χ0) is 14.5. The Labute approximate surface area is 122 Å². The molecule has 2 aromatic rings. The highest BCUT2D eigenvalue weighted by Crippen LogP contribution is 2.27. The number of hydrogen-bond donors (Lipinski definition) is 1. The molecule has 5 heteroatoms. The largest absolute Gasteiger partial charge is 0.488 e. The van der Waals surface area contributed by atoms with Gasteiger partial charge in [0.25, 0.3) is 0 Å². The molecule has 0 fully saturated rings. The fraction of sp³-hybridized carbons (Fsp3) is 0.400. The van der Waals surface area contributed by atoms with Crippen LogP contribution in [0, 0.1) is 12.7 Å². The van der Waals surface area contributed by atoms with Crippen LogP contribution in [0.3, 0.4) is 0 Å². The lowest BCUT2D eigenvalue weighted by atomic mass is 10.1. The molecule has 1 atom stereocenters. The van der Waals surface area contributed by atoms with Gasteiger partial charge >= 0.3 is 0 Å². The number of nitrogens with one attached hydrogen (secondary N) is 1. The SMILES string of the molecule is CCNC(C)c1ccc(F)cc1OCc1cnc(C)s1. The summed E-state index contributed by atoms with van der Waals surface area (Å²) in [4.78, 5) is 5.22. The van der Waals surface area contributed by atoms with E-state index in [-0.39, 0.29) is 11.9 Å². The third-order valence-corrected chi connectivity index (χ3v) is 3.88. The Morgan fingerprint density at radius 1 is 1.45 bits per heavy atom. The van der Waals surface area contributed by atoms with Crippen molar-refractivity contribution < 1.29 is 9.13 Å². The Balaban J connectivity index is 2.14. The summed E-state index contributed by atoms with van der Waals surface area (Å²) in [5.74, 6) is 0.303. The molecule has 0 saturated heterocycles. The van der Waals surface area contributed by atoms with E-state index in [9.17, 15) is 4.39 Å². The maximum absolute atomic E-state index is 13.4. The van der Waals surface area contributed by atoms with Gasteiger partial charge in [-0.05, 0) is 26.5 Å². The first-order valence-electron chi connectivity index (χ1n) is 6.67. The molecule has 1 N–H and O–H groups in total. The molecule has 3 nitrogen and oxygen atoms in total. The standard InChI is InChI=1S/C15H19FN2OS/c1-4-17-10(2)14-6-5-12(16)7-15(14)19-9-13-8-18-11(3)20-13/h5-8,10,17H,4,9H2,1-3H3. The van der Waals surface area contributed by atoms with Gasteiger partial charge in [0.1, 0.15) is 18.2 Å². The third kappa shape index (κ3) is 3.77. The molecule has 20 heavy (non-hydrogen) atoms. The van der Waals surface area contributed by atoms with Crippen molar-refractivity contribution in [3.05, 3.63) is 45.7 Å². The summed E-state index contributed by atoms with van der Waals surface area (Å²) in [5, 5.41) is 4.32. The summed E-state index contributed by atoms with van der Waals surface area (Å²) < 4.78 is 19.2. The van der Waals surface area contributed by atoms with Crippen LogP contribution in [0.5, 0.6) is 5.75 Å². The molecule has 0 aliphatic carbocycles. The van der Waals surface area contributed by atoms with Gasteiger partial charge in [-0.1, -0.05) is 13.0 Å². The van der Waals surface area contributed by atoms with Crippen molar-refractivity contribution in [3.8, 4) is 5.75 Å². The Hall–Kier alpha value is -1.46. The molecule has 1 unspecified atom stereocenters. The molecule has 1 aromatic carbocycles. The molecule has 1 aromatic heterocycles. The van der Waals surface area contributed by atoms with E-state index in [1.807, 2.05) is 20.8 Å². The van der Waals surface area contributed by atoms with E-state index in [0.29, 0.717) is 12.4 Å². The van der Waals surface area contributed by atoms with E-state index in [1.165, 1.54) is 12.1 Å². The topological polar surface area (TPSA) is 34.1 Å². The highest BCUT2D eigenvalue weighted by atomic mass is 32.1. The third-order valence-electron chi connectivity index (χ3n) is 2.99. The van der Waals surface area contributed by atoms with Crippen molar-refractivity contribution in [2.75, 3.05) is 6.54 Å². The first kappa shape index (κ1) is 14.9. The summed E-state index contributed by atoms with van der Waals surface area (Å²) in [7, 11) is 0. The highest BCUT2D eigenvalue weighted by Gasteiger charge is 2.12.